The molecule has 1 aliphatic rings. The molecule has 1 heterocycles. The number of likely N-dealkylation sites (tertiary alicyclic amines) is 1. The van der Waals surface area contributed by atoms with Crippen LogP contribution in [0.2, 0.25) is 0 Å². The van der Waals surface area contributed by atoms with Gasteiger partial charge in [-0.1, -0.05) is 6.07 Å². The second-order valence-corrected chi connectivity index (χ2v) is 4.61. The number of carbonyl (C=O) groups is 2. The van der Waals surface area contributed by atoms with Gasteiger partial charge in [0, 0.05) is 18.7 Å². The number of benzene rings is 1. The summed E-state index contributed by atoms with van der Waals surface area (Å²) in [7, 11) is 0. The second kappa shape index (κ2) is 5.73. The Morgan fingerprint density at radius 1 is 1.32 bits per heavy atom. The third-order valence-corrected chi connectivity index (χ3v) is 3.32. The topological polar surface area (TPSA) is 66.8 Å². The van der Waals surface area contributed by atoms with Gasteiger partial charge < -0.3 is 14.7 Å². The second-order valence-electron chi connectivity index (χ2n) is 4.61. The highest BCUT2D eigenvalue weighted by molar-refractivity contribution is 5.90. The zero-order valence-corrected chi connectivity index (χ0v) is 10.9. The predicted octanol–water partition coefficient (Wildman–Crippen LogP) is 1.69. The van der Waals surface area contributed by atoms with Crippen molar-refractivity contribution < 1.29 is 19.4 Å². The van der Waals surface area contributed by atoms with Gasteiger partial charge in [-0.3, -0.25) is 4.79 Å². The molecule has 0 spiro atoms. The molecule has 0 saturated carbocycles. The van der Waals surface area contributed by atoms with Crippen molar-refractivity contribution in [1.29, 1.82) is 0 Å². The van der Waals surface area contributed by atoms with Crippen LogP contribution in [0, 0.1) is 6.92 Å². The lowest BCUT2D eigenvalue weighted by Crippen LogP contribution is -2.32. The van der Waals surface area contributed by atoms with Crippen LogP contribution in [0.25, 0.3) is 0 Å². The number of nitrogens with zero attached hydrogens (tertiary/aromatic N) is 1. The highest BCUT2D eigenvalue weighted by Gasteiger charge is 2.19. The molecule has 2 rings (SSSR count). The molecular weight excluding hydrogens is 246 g/mol. The summed E-state index contributed by atoms with van der Waals surface area (Å²) >= 11 is 0. The monoisotopic (exact) mass is 263 g/mol. The Kier molecular flexibility index (Phi) is 4.04. The Bertz CT molecular complexity index is 492. The van der Waals surface area contributed by atoms with Crippen LogP contribution in [0.1, 0.15) is 28.8 Å². The number of amides is 1. The van der Waals surface area contributed by atoms with Gasteiger partial charge in [0.05, 0.1) is 5.56 Å². The number of rotatable bonds is 4. The lowest BCUT2D eigenvalue weighted by molar-refractivity contribution is -0.132. The smallest absolute Gasteiger partial charge is 0.336 e. The Morgan fingerprint density at radius 3 is 2.63 bits per heavy atom. The summed E-state index contributed by atoms with van der Waals surface area (Å²) in [6, 6.07) is 4.82. The third kappa shape index (κ3) is 3.05. The molecule has 0 bridgehead atoms. The number of aromatic carboxylic acids is 1. The first kappa shape index (κ1) is 13.4. The van der Waals surface area contributed by atoms with Gasteiger partial charge >= 0.3 is 5.97 Å². The normalized spacial score (nSPS) is 14.5. The molecule has 0 atom stereocenters. The molecule has 1 aliphatic heterocycles. The van der Waals surface area contributed by atoms with Gasteiger partial charge in [-0.2, -0.15) is 0 Å². The minimum atomic E-state index is -0.992. The highest BCUT2D eigenvalue weighted by Crippen LogP contribution is 2.21. The van der Waals surface area contributed by atoms with Crippen LogP contribution < -0.4 is 4.74 Å². The maximum absolute atomic E-state index is 11.8. The first-order valence-electron chi connectivity index (χ1n) is 6.33. The Hall–Kier alpha value is -2.04. The number of ether oxygens (including phenoxy) is 1. The molecule has 1 amide bonds. The lowest BCUT2D eigenvalue weighted by atomic mass is 10.1. The van der Waals surface area contributed by atoms with E-state index in [0.717, 1.165) is 25.9 Å². The summed E-state index contributed by atoms with van der Waals surface area (Å²) in [4.78, 5) is 24.6. The fourth-order valence-corrected chi connectivity index (χ4v) is 2.20. The van der Waals surface area contributed by atoms with E-state index in [-0.39, 0.29) is 18.1 Å². The van der Waals surface area contributed by atoms with Crippen LogP contribution in [0.5, 0.6) is 5.75 Å². The molecule has 19 heavy (non-hydrogen) atoms. The van der Waals surface area contributed by atoms with Crippen molar-refractivity contribution in [2.75, 3.05) is 19.7 Å². The molecule has 5 nitrogen and oxygen atoms in total. The quantitative estimate of drug-likeness (QED) is 0.897. The van der Waals surface area contributed by atoms with Gasteiger partial charge in [0.2, 0.25) is 0 Å². The van der Waals surface area contributed by atoms with Gasteiger partial charge in [0.1, 0.15) is 5.75 Å². The first-order chi connectivity index (χ1) is 9.09. The van der Waals surface area contributed by atoms with Gasteiger partial charge in [0.15, 0.2) is 6.61 Å². The first-order valence-corrected chi connectivity index (χ1v) is 6.33. The third-order valence-electron chi connectivity index (χ3n) is 3.32. The Balaban J connectivity index is 2.01. The van der Waals surface area contributed by atoms with E-state index in [1.165, 1.54) is 6.07 Å². The van der Waals surface area contributed by atoms with Crippen LogP contribution in [-0.2, 0) is 4.79 Å². The van der Waals surface area contributed by atoms with E-state index in [2.05, 4.69) is 0 Å². The summed E-state index contributed by atoms with van der Waals surface area (Å²) in [5.41, 5.74) is 0.746. The van der Waals surface area contributed by atoms with Crippen LogP contribution >= 0.6 is 0 Å². The number of carbonyl (C=O) groups excluding carboxylic acids is 1. The zero-order valence-electron chi connectivity index (χ0n) is 10.9. The van der Waals surface area contributed by atoms with E-state index in [1.807, 2.05) is 0 Å². The summed E-state index contributed by atoms with van der Waals surface area (Å²) in [5, 5.41) is 9.01. The van der Waals surface area contributed by atoms with Gasteiger partial charge in [0.25, 0.3) is 5.91 Å². The van der Waals surface area contributed by atoms with E-state index in [1.54, 1.807) is 24.0 Å². The average molecular weight is 263 g/mol. The molecule has 0 unspecified atom stereocenters. The van der Waals surface area contributed by atoms with Crippen LogP contribution in [0.3, 0.4) is 0 Å². The molecule has 1 aromatic rings. The van der Waals surface area contributed by atoms with Crippen molar-refractivity contribution in [3.05, 3.63) is 29.3 Å². The number of carboxylic acid groups (broad SMARTS) is 1. The van der Waals surface area contributed by atoms with Crippen molar-refractivity contribution in [3.8, 4) is 5.75 Å². The van der Waals surface area contributed by atoms with Crippen LogP contribution in [0.15, 0.2) is 18.2 Å². The van der Waals surface area contributed by atoms with E-state index in [9.17, 15) is 9.59 Å². The minimum absolute atomic E-state index is 0.0378. The molecule has 1 saturated heterocycles. The maximum atomic E-state index is 11.8. The number of carboxylic acids is 1. The standard InChI is InChI=1S/C14H17NO4/c1-10-11(14(17)18)5-4-6-12(10)19-9-13(16)15-7-2-3-8-15/h4-6H,2-3,7-9H2,1H3,(H,17,18). The number of hydrogen-bond donors (Lipinski definition) is 1. The minimum Gasteiger partial charge on any atom is -0.483 e. The predicted molar refractivity (Wildman–Crippen MR) is 69.4 cm³/mol. The molecule has 0 aromatic heterocycles. The molecule has 0 radical (unpaired) electrons. The van der Waals surface area contributed by atoms with E-state index in [4.69, 9.17) is 9.84 Å². The largest absolute Gasteiger partial charge is 0.483 e. The van der Waals surface area contributed by atoms with E-state index < -0.39 is 5.97 Å². The van der Waals surface area contributed by atoms with Crippen molar-refractivity contribution in [1.82, 2.24) is 4.90 Å². The van der Waals surface area contributed by atoms with Gasteiger partial charge in [-0.25, -0.2) is 4.79 Å². The SMILES string of the molecule is Cc1c(OCC(=O)N2CCCC2)cccc1C(=O)O. The average Bonchev–Trinajstić information content (AvgIpc) is 2.90. The molecule has 5 heteroatoms. The van der Waals surface area contributed by atoms with Crippen molar-refractivity contribution in [2.45, 2.75) is 19.8 Å². The molecule has 1 fully saturated rings. The lowest BCUT2D eigenvalue weighted by Gasteiger charge is -2.16. The van der Waals surface area contributed by atoms with E-state index >= 15 is 0 Å². The van der Waals surface area contributed by atoms with Crippen molar-refractivity contribution in [2.24, 2.45) is 0 Å². The van der Waals surface area contributed by atoms with Crippen molar-refractivity contribution in [3.63, 3.8) is 0 Å². The molecule has 1 aromatic carbocycles. The number of hydrogen-bond acceptors (Lipinski definition) is 3. The summed E-state index contributed by atoms with van der Waals surface area (Å²) in [6.45, 7) is 3.22. The zero-order chi connectivity index (χ0) is 13.8. The highest BCUT2D eigenvalue weighted by atomic mass is 16.5. The van der Waals surface area contributed by atoms with Gasteiger partial charge in [-0.15, -0.1) is 0 Å². The fraction of sp³-hybridized carbons (Fsp3) is 0.429. The van der Waals surface area contributed by atoms with Crippen LogP contribution in [-0.4, -0.2) is 41.6 Å². The van der Waals surface area contributed by atoms with Crippen molar-refractivity contribution >= 4 is 11.9 Å². The Morgan fingerprint density at radius 2 is 2.00 bits per heavy atom. The van der Waals surface area contributed by atoms with E-state index in [0.29, 0.717) is 11.3 Å². The molecular formula is C14H17NO4. The summed E-state index contributed by atoms with van der Waals surface area (Å²) < 4.78 is 5.45. The molecule has 102 valence electrons. The van der Waals surface area contributed by atoms with Crippen LogP contribution in [0.4, 0.5) is 0 Å². The fourth-order valence-electron chi connectivity index (χ4n) is 2.20. The maximum Gasteiger partial charge on any atom is 0.336 e. The Labute approximate surface area is 111 Å². The summed E-state index contributed by atoms with van der Waals surface area (Å²) in [5.74, 6) is -0.584. The molecule has 0 aliphatic carbocycles. The summed E-state index contributed by atoms with van der Waals surface area (Å²) in [6.07, 6.45) is 2.08. The molecule has 1 N–H and O–H groups in total. The van der Waals surface area contributed by atoms with Gasteiger partial charge in [-0.05, 0) is 31.9 Å².